The average molecular weight is 443 g/mol. The topological polar surface area (TPSA) is 93.1 Å². The summed E-state index contributed by atoms with van der Waals surface area (Å²) in [6.07, 6.45) is 5.00. The van der Waals surface area contributed by atoms with Crippen molar-refractivity contribution in [1.82, 2.24) is 0 Å². The number of hydrogen-bond acceptors (Lipinski definition) is 6. The van der Waals surface area contributed by atoms with Crippen LogP contribution in [0.3, 0.4) is 0 Å². The van der Waals surface area contributed by atoms with E-state index in [9.17, 15) is 19.5 Å². The molecule has 166 valence electrons. The molecule has 1 unspecified atom stereocenters. The summed E-state index contributed by atoms with van der Waals surface area (Å²) in [7, 11) is 0. The normalized spacial score (nSPS) is 13.5. The smallest absolute Gasteiger partial charge is 0.338 e. The zero-order valence-electron chi connectivity index (χ0n) is 17.9. The number of benzene rings is 3. The standard InChI is InChI=1S/C26H21NO6/c1-3-13-32-22-12-10-16-7-5-6-8-19(16)23(22)27-24(29)20-11-9-17(14-21(20)25(27)30)26(31)33-15-18(28)4-2/h1,5-12,14,18,28H,4,13,15H2,2H3. The van der Waals surface area contributed by atoms with Crippen LogP contribution >= 0.6 is 0 Å². The summed E-state index contributed by atoms with van der Waals surface area (Å²) in [6, 6.07) is 15.0. The summed E-state index contributed by atoms with van der Waals surface area (Å²) >= 11 is 0. The van der Waals surface area contributed by atoms with Crippen LogP contribution < -0.4 is 9.64 Å². The van der Waals surface area contributed by atoms with Gasteiger partial charge in [-0.05, 0) is 36.1 Å². The number of carbonyl (C=O) groups is 3. The van der Waals surface area contributed by atoms with Gasteiger partial charge in [-0.25, -0.2) is 9.69 Å². The second-order valence-corrected chi connectivity index (χ2v) is 7.49. The monoisotopic (exact) mass is 443 g/mol. The predicted octanol–water partition coefficient (Wildman–Crippen LogP) is 3.58. The first-order valence-corrected chi connectivity index (χ1v) is 10.4. The quantitative estimate of drug-likeness (QED) is 0.341. The minimum atomic E-state index is -0.769. The number of rotatable bonds is 7. The molecule has 0 aromatic heterocycles. The summed E-state index contributed by atoms with van der Waals surface area (Å²) in [5.41, 5.74) is 0.661. The van der Waals surface area contributed by atoms with Gasteiger partial charge in [-0.15, -0.1) is 6.42 Å². The van der Waals surface area contributed by atoms with Crippen molar-refractivity contribution in [3.8, 4) is 18.1 Å². The van der Waals surface area contributed by atoms with Gasteiger partial charge >= 0.3 is 5.97 Å². The van der Waals surface area contributed by atoms with Gasteiger partial charge in [-0.1, -0.05) is 43.2 Å². The lowest BCUT2D eigenvalue weighted by molar-refractivity contribution is 0.0250. The van der Waals surface area contributed by atoms with E-state index in [4.69, 9.17) is 15.9 Å². The molecule has 0 saturated heterocycles. The molecule has 3 aromatic carbocycles. The van der Waals surface area contributed by atoms with Gasteiger partial charge < -0.3 is 14.6 Å². The minimum absolute atomic E-state index is 0.0336. The van der Waals surface area contributed by atoms with Crippen molar-refractivity contribution in [1.29, 1.82) is 0 Å². The molecule has 0 bridgehead atoms. The third-order valence-corrected chi connectivity index (χ3v) is 5.40. The van der Waals surface area contributed by atoms with E-state index in [-0.39, 0.29) is 29.9 Å². The number of aliphatic hydroxyl groups is 1. The van der Waals surface area contributed by atoms with Gasteiger partial charge in [0.1, 0.15) is 24.7 Å². The SMILES string of the molecule is C#CCOc1ccc2ccccc2c1N1C(=O)c2ccc(C(=O)OCC(O)CC)cc2C1=O. The third-order valence-electron chi connectivity index (χ3n) is 5.40. The first-order chi connectivity index (χ1) is 16.0. The van der Waals surface area contributed by atoms with Gasteiger partial charge in [-0.2, -0.15) is 0 Å². The van der Waals surface area contributed by atoms with Crippen LogP contribution in [0.5, 0.6) is 5.75 Å². The van der Waals surface area contributed by atoms with Gasteiger partial charge in [0.25, 0.3) is 11.8 Å². The fourth-order valence-corrected chi connectivity index (χ4v) is 3.65. The number of amides is 2. The predicted molar refractivity (Wildman–Crippen MR) is 122 cm³/mol. The van der Waals surface area contributed by atoms with Crippen molar-refractivity contribution in [3.05, 3.63) is 71.3 Å². The number of carbonyl (C=O) groups excluding carboxylic acids is 3. The van der Waals surface area contributed by atoms with Crippen LogP contribution in [0, 0.1) is 12.3 Å². The van der Waals surface area contributed by atoms with E-state index in [1.807, 2.05) is 18.2 Å². The van der Waals surface area contributed by atoms with E-state index in [1.165, 1.54) is 18.2 Å². The van der Waals surface area contributed by atoms with Gasteiger partial charge in [-0.3, -0.25) is 9.59 Å². The molecule has 0 fully saturated rings. The van der Waals surface area contributed by atoms with E-state index in [0.717, 1.165) is 10.3 Å². The zero-order valence-corrected chi connectivity index (χ0v) is 17.9. The molecule has 0 aliphatic carbocycles. The van der Waals surface area contributed by atoms with E-state index in [2.05, 4.69) is 5.92 Å². The number of fused-ring (bicyclic) bond motifs is 2. The van der Waals surface area contributed by atoms with Crippen molar-refractivity contribution >= 4 is 34.2 Å². The molecular formula is C26H21NO6. The summed E-state index contributed by atoms with van der Waals surface area (Å²) in [4.78, 5) is 40.1. The van der Waals surface area contributed by atoms with E-state index in [1.54, 1.807) is 25.1 Å². The second kappa shape index (κ2) is 9.15. The maximum atomic E-state index is 13.4. The van der Waals surface area contributed by atoms with Crippen LogP contribution in [0.25, 0.3) is 10.8 Å². The Labute approximate surface area is 190 Å². The Morgan fingerprint density at radius 2 is 1.85 bits per heavy atom. The van der Waals surface area contributed by atoms with E-state index >= 15 is 0 Å². The van der Waals surface area contributed by atoms with Crippen molar-refractivity contribution in [2.45, 2.75) is 19.4 Å². The first-order valence-electron chi connectivity index (χ1n) is 10.4. The molecule has 0 radical (unpaired) electrons. The summed E-state index contributed by atoms with van der Waals surface area (Å²) < 4.78 is 10.7. The number of nitrogens with zero attached hydrogens (tertiary/aromatic N) is 1. The van der Waals surface area contributed by atoms with Crippen LogP contribution in [0.2, 0.25) is 0 Å². The van der Waals surface area contributed by atoms with Crippen LogP contribution in [0.15, 0.2) is 54.6 Å². The van der Waals surface area contributed by atoms with Gasteiger partial charge in [0.05, 0.1) is 22.8 Å². The molecular weight excluding hydrogens is 422 g/mol. The highest BCUT2D eigenvalue weighted by Gasteiger charge is 2.39. The van der Waals surface area contributed by atoms with Crippen LogP contribution in [-0.4, -0.2) is 42.2 Å². The van der Waals surface area contributed by atoms with Gasteiger partial charge in [0.2, 0.25) is 0 Å². The molecule has 2 amide bonds. The molecule has 1 aliphatic rings. The lowest BCUT2D eigenvalue weighted by Gasteiger charge is -2.20. The number of esters is 1. The van der Waals surface area contributed by atoms with Crippen molar-refractivity contribution in [2.24, 2.45) is 0 Å². The molecule has 3 aromatic rings. The Balaban J connectivity index is 1.74. The maximum absolute atomic E-state index is 13.4. The zero-order chi connectivity index (χ0) is 23.5. The van der Waals surface area contributed by atoms with Crippen LogP contribution in [0.1, 0.15) is 44.4 Å². The molecule has 0 saturated carbocycles. The lowest BCUT2D eigenvalue weighted by atomic mass is 10.1. The Bertz CT molecular complexity index is 1310. The van der Waals surface area contributed by atoms with Gasteiger partial charge in [0, 0.05) is 5.39 Å². The number of terminal acetylenes is 1. The minimum Gasteiger partial charge on any atom is -0.479 e. The molecule has 1 heterocycles. The Morgan fingerprint density at radius 1 is 1.09 bits per heavy atom. The number of ether oxygens (including phenoxy) is 2. The molecule has 1 N–H and O–H groups in total. The number of anilines is 1. The van der Waals surface area contributed by atoms with E-state index in [0.29, 0.717) is 23.2 Å². The van der Waals surface area contributed by atoms with Gasteiger partial charge in [0.15, 0.2) is 0 Å². The fourth-order valence-electron chi connectivity index (χ4n) is 3.65. The molecule has 7 nitrogen and oxygen atoms in total. The Hall–Kier alpha value is -4.15. The molecule has 1 aliphatic heterocycles. The number of aliphatic hydroxyl groups excluding tert-OH is 1. The fraction of sp³-hybridized carbons (Fsp3) is 0.192. The van der Waals surface area contributed by atoms with Crippen molar-refractivity contribution < 1.29 is 29.0 Å². The second-order valence-electron chi connectivity index (χ2n) is 7.49. The van der Waals surface area contributed by atoms with E-state index < -0.39 is 23.9 Å². The Morgan fingerprint density at radius 3 is 2.61 bits per heavy atom. The molecule has 0 spiro atoms. The summed E-state index contributed by atoms with van der Waals surface area (Å²) in [5, 5.41) is 11.1. The highest BCUT2D eigenvalue weighted by molar-refractivity contribution is 6.36. The number of imide groups is 1. The van der Waals surface area contributed by atoms with Crippen molar-refractivity contribution in [3.63, 3.8) is 0 Å². The summed E-state index contributed by atoms with van der Waals surface area (Å²) in [5.74, 6) is 0.886. The maximum Gasteiger partial charge on any atom is 0.338 e. The highest BCUT2D eigenvalue weighted by atomic mass is 16.5. The molecule has 1 atom stereocenters. The summed E-state index contributed by atoms with van der Waals surface area (Å²) in [6.45, 7) is 1.58. The highest BCUT2D eigenvalue weighted by Crippen LogP contribution is 2.40. The average Bonchev–Trinajstić information content (AvgIpc) is 3.09. The van der Waals surface area contributed by atoms with Crippen LogP contribution in [0.4, 0.5) is 5.69 Å². The van der Waals surface area contributed by atoms with Crippen LogP contribution in [-0.2, 0) is 4.74 Å². The molecule has 7 heteroatoms. The number of hydrogen-bond donors (Lipinski definition) is 1. The molecule has 33 heavy (non-hydrogen) atoms. The first kappa shape index (κ1) is 22.1. The largest absolute Gasteiger partial charge is 0.479 e. The lowest BCUT2D eigenvalue weighted by Crippen LogP contribution is -2.30. The third kappa shape index (κ3) is 4.04. The van der Waals surface area contributed by atoms with Crippen molar-refractivity contribution in [2.75, 3.05) is 18.1 Å². The molecule has 4 rings (SSSR count). The Kier molecular flexibility index (Phi) is 6.11.